The summed E-state index contributed by atoms with van der Waals surface area (Å²) in [6.45, 7) is 1.61. The Hall–Kier alpha value is -2.88. The quantitative estimate of drug-likeness (QED) is 0.286. The van der Waals surface area contributed by atoms with Crippen molar-refractivity contribution in [1.82, 2.24) is 10.2 Å². The van der Waals surface area contributed by atoms with Crippen LogP contribution in [0.5, 0.6) is 0 Å². The van der Waals surface area contributed by atoms with Gasteiger partial charge < -0.3 is 21.1 Å². The lowest BCUT2D eigenvalue weighted by Crippen LogP contribution is -2.42. The number of rotatable bonds is 6. The highest BCUT2D eigenvalue weighted by Crippen LogP contribution is 2.30. The van der Waals surface area contributed by atoms with Crippen LogP contribution in [0, 0.1) is 5.82 Å². The van der Waals surface area contributed by atoms with Crippen LogP contribution in [0.15, 0.2) is 39.5 Å². The molecule has 0 radical (unpaired) electrons. The number of halogens is 3. The van der Waals surface area contributed by atoms with Crippen molar-refractivity contribution in [3.05, 3.63) is 46.4 Å². The number of hydrogen-bond donors (Lipinski definition) is 3. The van der Waals surface area contributed by atoms with Gasteiger partial charge in [-0.15, -0.1) is 0 Å². The molecule has 1 rings (SSSR count). The van der Waals surface area contributed by atoms with Gasteiger partial charge in [-0.05, 0) is 13.0 Å². The Morgan fingerprint density at radius 1 is 1.41 bits per heavy atom. The van der Waals surface area contributed by atoms with Crippen molar-refractivity contribution in [1.29, 1.82) is 0 Å². The highest BCUT2D eigenvalue weighted by atomic mass is 19.3. The lowest BCUT2D eigenvalue weighted by Gasteiger charge is -2.20. The maximum Gasteiger partial charge on any atom is 0.270 e. The number of aldehydes is 1. The minimum atomic E-state index is -3.18. The number of nitrogens with two attached hydrogens (primary N) is 1. The van der Waals surface area contributed by atoms with Gasteiger partial charge in [0, 0.05) is 44.9 Å². The standard InChI is InChI=1S/C19H26F3N5O2/c1-11(13-7-6-12(8-15(13)20)19(2,21)22)25-17(14(9-28)16(23)10-29)26-18(24-3)27(4)5/h6-9,11,29H,10,23H2,1-5H3,(H,24,25,26). The van der Waals surface area contributed by atoms with Crippen molar-refractivity contribution >= 4 is 18.1 Å². The van der Waals surface area contributed by atoms with Crippen LogP contribution in [-0.4, -0.2) is 55.8 Å². The number of aliphatic hydroxyl groups is 1. The largest absolute Gasteiger partial charge is 0.399 e. The Bertz CT molecular complexity index is 830. The maximum absolute atomic E-state index is 14.4. The number of aliphatic imine (C=N–C) groups is 2. The summed E-state index contributed by atoms with van der Waals surface area (Å²) in [4.78, 5) is 21.5. The van der Waals surface area contributed by atoms with Gasteiger partial charge in [0.2, 0.25) is 0 Å². The molecule has 10 heteroatoms. The summed E-state index contributed by atoms with van der Waals surface area (Å²) < 4.78 is 41.3. The van der Waals surface area contributed by atoms with Crippen molar-refractivity contribution < 1.29 is 23.1 Å². The third-order valence-corrected chi connectivity index (χ3v) is 4.04. The third-order valence-electron chi connectivity index (χ3n) is 4.04. The average Bonchev–Trinajstić information content (AvgIpc) is 2.64. The molecule has 0 saturated carbocycles. The van der Waals surface area contributed by atoms with E-state index in [9.17, 15) is 23.1 Å². The summed E-state index contributed by atoms with van der Waals surface area (Å²) in [6, 6.07) is 2.23. The van der Waals surface area contributed by atoms with E-state index in [1.54, 1.807) is 19.0 Å². The lowest BCUT2D eigenvalue weighted by molar-refractivity contribution is -0.104. The predicted molar refractivity (Wildman–Crippen MR) is 106 cm³/mol. The van der Waals surface area contributed by atoms with Crippen molar-refractivity contribution in [2.45, 2.75) is 25.8 Å². The van der Waals surface area contributed by atoms with Gasteiger partial charge in [0.1, 0.15) is 11.7 Å². The molecule has 0 saturated heterocycles. The number of nitrogens with one attached hydrogen (secondary N) is 1. The first-order valence-electron chi connectivity index (χ1n) is 8.67. The molecule has 0 spiro atoms. The fourth-order valence-electron chi connectivity index (χ4n) is 2.41. The Balaban J connectivity index is 3.47. The van der Waals surface area contributed by atoms with Crippen LogP contribution < -0.4 is 11.1 Å². The molecule has 4 N–H and O–H groups in total. The molecule has 0 bridgehead atoms. The summed E-state index contributed by atoms with van der Waals surface area (Å²) in [5.41, 5.74) is 5.02. The first-order valence-corrected chi connectivity index (χ1v) is 8.67. The molecule has 1 atom stereocenters. The Labute approximate surface area is 167 Å². The average molecular weight is 413 g/mol. The molecular formula is C19H26F3N5O2. The van der Waals surface area contributed by atoms with Gasteiger partial charge >= 0.3 is 0 Å². The number of aliphatic hydroxyl groups excluding tert-OH is 1. The molecule has 1 aromatic carbocycles. The SMILES string of the molecule is CN=C(NC(=NC(C)c1ccc(C(C)(F)F)cc1F)C(C=O)=C(N)CO)N(C)C. The summed E-state index contributed by atoms with van der Waals surface area (Å²) in [5, 5.41) is 12.1. The van der Waals surface area contributed by atoms with Crippen LogP contribution in [0.2, 0.25) is 0 Å². The molecule has 0 aliphatic rings. The summed E-state index contributed by atoms with van der Waals surface area (Å²) in [6.07, 6.45) is 0.407. The first kappa shape index (κ1) is 24.2. The summed E-state index contributed by atoms with van der Waals surface area (Å²) in [7, 11) is 4.89. The number of alkyl halides is 2. The molecular weight excluding hydrogens is 387 g/mol. The number of guanidine groups is 1. The molecule has 1 aromatic rings. The van der Waals surface area contributed by atoms with Gasteiger partial charge in [-0.2, -0.15) is 0 Å². The fraction of sp³-hybridized carbons (Fsp3) is 0.421. The molecule has 0 aliphatic carbocycles. The second kappa shape index (κ2) is 10.1. The fourth-order valence-corrected chi connectivity index (χ4v) is 2.41. The zero-order valence-electron chi connectivity index (χ0n) is 17.0. The van der Waals surface area contributed by atoms with Crippen molar-refractivity contribution in [3.63, 3.8) is 0 Å². The zero-order chi connectivity index (χ0) is 22.4. The second-order valence-corrected chi connectivity index (χ2v) is 6.56. The molecule has 29 heavy (non-hydrogen) atoms. The van der Waals surface area contributed by atoms with Gasteiger partial charge in [-0.25, -0.2) is 13.2 Å². The predicted octanol–water partition coefficient (Wildman–Crippen LogP) is 1.94. The number of hydrogen-bond acceptors (Lipinski definition) is 5. The van der Waals surface area contributed by atoms with Crippen LogP contribution in [0.4, 0.5) is 13.2 Å². The minimum absolute atomic E-state index is 0.0438. The first-order chi connectivity index (χ1) is 13.5. The van der Waals surface area contributed by atoms with Crippen LogP contribution >= 0.6 is 0 Å². The van der Waals surface area contributed by atoms with E-state index in [0.29, 0.717) is 19.2 Å². The third kappa shape index (κ3) is 6.31. The summed E-state index contributed by atoms with van der Waals surface area (Å²) in [5.74, 6) is -3.76. The van der Waals surface area contributed by atoms with Crippen molar-refractivity contribution in [3.8, 4) is 0 Å². The van der Waals surface area contributed by atoms with E-state index in [1.165, 1.54) is 20.0 Å². The van der Waals surface area contributed by atoms with Crippen LogP contribution in [0.25, 0.3) is 0 Å². The molecule has 0 aliphatic heterocycles. The molecule has 0 amide bonds. The van der Waals surface area contributed by atoms with E-state index in [-0.39, 0.29) is 22.7 Å². The number of amidine groups is 1. The normalized spacial score (nSPS) is 14.9. The molecule has 0 heterocycles. The maximum atomic E-state index is 14.4. The van der Waals surface area contributed by atoms with Crippen molar-refractivity contribution in [2.75, 3.05) is 27.7 Å². The number of carbonyl (C=O) groups is 1. The van der Waals surface area contributed by atoms with Gasteiger partial charge in [0.15, 0.2) is 12.2 Å². The van der Waals surface area contributed by atoms with Crippen LogP contribution in [-0.2, 0) is 10.7 Å². The minimum Gasteiger partial charge on any atom is -0.399 e. The van der Waals surface area contributed by atoms with E-state index in [4.69, 9.17) is 5.73 Å². The summed E-state index contributed by atoms with van der Waals surface area (Å²) >= 11 is 0. The van der Waals surface area contributed by atoms with E-state index >= 15 is 0 Å². The van der Waals surface area contributed by atoms with E-state index in [1.807, 2.05) is 0 Å². The Morgan fingerprint density at radius 3 is 2.45 bits per heavy atom. The number of nitrogens with zero attached hydrogens (tertiary/aromatic N) is 3. The Kier molecular flexibility index (Phi) is 8.38. The van der Waals surface area contributed by atoms with Gasteiger partial charge in [-0.3, -0.25) is 14.8 Å². The van der Waals surface area contributed by atoms with Gasteiger partial charge in [0.05, 0.1) is 18.2 Å². The lowest BCUT2D eigenvalue weighted by atomic mass is 10.0. The number of benzene rings is 1. The van der Waals surface area contributed by atoms with E-state index < -0.39 is 30.0 Å². The second-order valence-electron chi connectivity index (χ2n) is 6.56. The smallest absolute Gasteiger partial charge is 0.270 e. The highest BCUT2D eigenvalue weighted by molar-refractivity contribution is 6.19. The monoisotopic (exact) mass is 413 g/mol. The van der Waals surface area contributed by atoms with Crippen molar-refractivity contribution in [2.24, 2.45) is 15.7 Å². The Morgan fingerprint density at radius 2 is 2.03 bits per heavy atom. The topological polar surface area (TPSA) is 103 Å². The van der Waals surface area contributed by atoms with E-state index in [2.05, 4.69) is 15.3 Å². The molecule has 160 valence electrons. The van der Waals surface area contributed by atoms with Crippen LogP contribution in [0.1, 0.15) is 31.0 Å². The molecule has 0 fully saturated rings. The molecule has 0 aromatic heterocycles. The molecule has 1 unspecified atom stereocenters. The number of carbonyl (C=O) groups excluding carboxylic acids is 1. The van der Waals surface area contributed by atoms with Crippen LogP contribution in [0.3, 0.4) is 0 Å². The highest BCUT2D eigenvalue weighted by Gasteiger charge is 2.26. The van der Waals surface area contributed by atoms with E-state index in [0.717, 1.165) is 12.1 Å². The molecule has 7 nitrogen and oxygen atoms in total. The zero-order valence-corrected chi connectivity index (χ0v) is 17.0. The van der Waals surface area contributed by atoms with Gasteiger partial charge in [0.25, 0.3) is 5.92 Å². The van der Waals surface area contributed by atoms with Gasteiger partial charge in [-0.1, -0.05) is 12.1 Å².